The van der Waals surface area contributed by atoms with Crippen LogP contribution in [0.4, 0.5) is 0 Å². The molecule has 3 aromatic rings. The number of carbonyl (C=O) groups is 1. The molecule has 1 N–H and O–H groups in total. The van der Waals surface area contributed by atoms with Gasteiger partial charge in [0.2, 0.25) is 5.91 Å². The van der Waals surface area contributed by atoms with E-state index in [0.717, 1.165) is 23.8 Å². The molecule has 1 atom stereocenters. The van der Waals surface area contributed by atoms with E-state index in [1.54, 1.807) is 17.4 Å². The van der Waals surface area contributed by atoms with Crippen LogP contribution in [0.3, 0.4) is 0 Å². The first kappa shape index (κ1) is 20.3. The number of likely N-dealkylation sites (tertiary alicyclic amines) is 1. The summed E-state index contributed by atoms with van der Waals surface area (Å²) < 4.78 is 1.53. The fourth-order valence-corrected chi connectivity index (χ4v) is 5.39. The third kappa shape index (κ3) is 4.76. The molecular formula is C21H26N4O2S2. The highest BCUT2D eigenvalue weighted by Gasteiger charge is 2.25. The molecule has 0 aliphatic carbocycles. The molecule has 0 radical (unpaired) electrons. The van der Waals surface area contributed by atoms with E-state index in [0.29, 0.717) is 18.5 Å². The van der Waals surface area contributed by atoms with E-state index in [9.17, 15) is 9.59 Å². The van der Waals surface area contributed by atoms with Crippen molar-refractivity contribution in [3.8, 4) is 0 Å². The van der Waals surface area contributed by atoms with Crippen LogP contribution in [0.25, 0.3) is 10.2 Å². The Morgan fingerprint density at radius 2 is 2.10 bits per heavy atom. The van der Waals surface area contributed by atoms with Gasteiger partial charge in [-0.05, 0) is 54.7 Å². The van der Waals surface area contributed by atoms with Crippen LogP contribution in [0.1, 0.15) is 37.1 Å². The van der Waals surface area contributed by atoms with Crippen LogP contribution in [0, 0.1) is 5.92 Å². The standard InChI is InChI=1S/C21H26N4O2S2/c1-15-4-8-24(9-5-15)17(18-3-2-11-28-18)13-22-19(26)6-10-25-14-23-20-16(21(25)27)7-12-29-20/h2-3,7,11-12,14-15,17H,4-6,8-10,13H2,1H3,(H,22,26). The lowest BCUT2D eigenvalue weighted by Gasteiger charge is -2.36. The van der Waals surface area contributed by atoms with Gasteiger partial charge in [0.1, 0.15) is 4.83 Å². The smallest absolute Gasteiger partial charge is 0.262 e. The molecule has 6 nitrogen and oxygen atoms in total. The van der Waals surface area contributed by atoms with Gasteiger partial charge in [-0.15, -0.1) is 22.7 Å². The van der Waals surface area contributed by atoms with E-state index in [1.165, 1.54) is 39.9 Å². The number of hydrogen-bond acceptors (Lipinski definition) is 6. The van der Waals surface area contributed by atoms with Crippen molar-refractivity contribution in [1.29, 1.82) is 0 Å². The zero-order valence-electron chi connectivity index (χ0n) is 16.5. The zero-order chi connectivity index (χ0) is 20.2. The molecule has 1 fully saturated rings. The topological polar surface area (TPSA) is 67.2 Å². The van der Waals surface area contributed by atoms with Crippen LogP contribution in [0.15, 0.2) is 40.1 Å². The minimum atomic E-state index is -0.0806. The maximum Gasteiger partial charge on any atom is 0.262 e. The number of fused-ring (bicyclic) bond motifs is 1. The first-order valence-corrected chi connectivity index (χ1v) is 11.8. The van der Waals surface area contributed by atoms with Gasteiger partial charge in [-0.2, -0.15) is 0 Å². The number of carbonyl (C=O) groups excluding carboxylic acids is 1. The average Bonchev–Trinajstić information content (AvgIpc) is 3.41. The van der Waals surface area contributed by atoms with Gasteiger partial charge in [-0.25, -0.2) is 4.98 Å². The molecule has 0 aromatic carbocycles. The van der Waals surface area contributed by atoms with Gasteiger partial charge in [0.25, 0.3) is 5.56 Å². The third-order valence-electron chi connectivity index (χ3n) is 5.65. The second-order valence-corrected chi connectivity index (χ2v) is 9.56. The summed E-state index contributed by atoms with van der Waals surface area (Å²) in [7, 11) is 0. The number of rotatable bonds is 7. The number of aryl methyl sites for hydroxylation is 1. The molecule has 1 aliphatic heterocycles. The van der Waals surface area contributed by atoms with Crippen LogP contribution in [-0.2, 0) is 11.3 Å². The molecule has 154 valence electrons. The van der Waals surface area contributed by atoms with Crippen molar-refractivity contribution in [2.45, 2.75) is 38.8 Å². The van der Waals surface area contributed by atoms with Crippen molar-refractivity contribution in [2.24, 2.45) is 5.92 Å². The van der Waals surface area contributed by atoms with Gasteiger partial charge in [0.15, 0.2) is 0 Å². The monoisotopic (exact) mass is 430 g/mol. The van der Waals surface area contributed by atoms with Crippen LogP contribution < -0.4 is 10.9 Å². The summed E-state index contributed by atoms with van der Waals surface area (Å²) in [4.78, 5) is 33.8. The predicted molar refractivity (Wildman–Crippen MR) is 119 cm³/mol. The molecule has 0 spiro atoms. The number of piperidine rings is 1. The third-order valence-corrected chi connectivity index (χ3v) is 7.45. The first-order valence-electron chi connectivity index (χ1n) is 10.1. The lowest BCUT2D eigenvalue weighted by atomic mass is 9.97. The molecule has 0 saturated carbocycles. The maximum absolute atomic E-state index is 12.5. The summed E-state index contributed by atoms with van der Waals surface area (Å²) in [5.41, 5.74) is -0.0806. The predicted octanol–water partition coefficient (Wildman–Crippen LogP) is 3.50. The molecule has 0 bridgehead atoms. The highest BCUT2D eigenvalue weighted by atomic mass is 32.1. The molecule has 4 rings (SSSR count). The second kappa shape index (κ2) is 9.19. The van der Waals surface area contributed by atoms with Crippen molar-refractivity contribution in [2.75, 3.05) is 19.6 Å². The minimum Gasteiger partial charge on any atom is -0.354 e. The number of nitrogens with one attached hydrogen (secondary N) is 1. The Labute approximate surface area is 178 Å². The summed E-state index contributed by atoms with van der Waals surface area (Å²) in [5, 5.41) is 7.67. The SMILES string of the molecule is CC1CCN(C(CNC(=O)CCn2cnc3sccc3c2=O)c2cccs2)CC1. The number of amides is 1. The molecule has 3 aromatic heterocycles. The average molecular weight is 431 g/mol. The molecule has 1 unspecified atom stereocenters. The Morgan fingerprint density at radius 1 is 1.28 bits per heavy atom. The van der Waals surface area contributed by atoms with Crippen molar-refractivity contribution in [3.05, 3.63) is 50.5 Å². The lowest BCUT2D eigenvalue weighted by Crippen LogP contribution is -2.41. The molecular weight excluding hydrogens is 404 g/mol. The highest BCUT2D eigenvalue weighted by Crippen LogP contribution is 2.29. The van der Waals surface area contributed by atoms with E-state index in [2.05, 4.69) is 39.6 Å². The second-order valence-electron chi connectivity index (χ2n) is 7.69. The summed E-state index contributed by atoms with van der Waals surface area (Å²) in [6.45, 7) is 5.39. The van der Waals surface area contributed by atoms with Gasteiger partial charge >= 0.3 is 0 Å². The maximum atomic E-state index is 12.5. The Hall–Kier alpha value is -2.03. The van der Waals surface area contributed by atoms with Gasteiger partial charge in [0.05, 0.1) is 17.8 Å². The van der Waals surface area contributed by atoms with Crippen LogP contribution >= 0.6 is 22.7 Å². The van der Waals surface area contributed by atoms with Crippen molar-refractivity contribution < 1.29 is 4.79 Å². The largest absolute Gasteiger partial charge is 0.354 e. The fraction of sp³-hybridized carbons (Fsp3) is 0.476. The summed E-state index contributed by atoms with van der Waals surface area (Å²) >= 11 is 3.20. The number of thiophene rings is 2. The van der Waals surface area contributed by atoms with E-state index < -0.39 is 0 Å². The Balaban J connectivity index is 1.35. The zero-order valence-corrected chi connectivity index (χ0v) is 18.2. The Kier molecular flexibility index (Phi) is 6.42. The summed E-state index contributed by atoms with van der Waals surface area (Å²) in [6, 6.07) is 6.23. The molecule has 1 saturated heterocycles. The first-order chi connectivity index (χ1) is 14.1. The molecule has 1 aliphatic rings. The van der Waals surface area contributed by atoms with Gasteiger partial charge in [-0.3, -0.25) is 19.1 Å². The molecule has 4 heterocycles. The van der Waals surface area contributed by atoms with Crippen LogP contribution in [0.5, 0.6) is 0 Å². The van der Waals surface area contributed by atoms with E-state index in [-0.39, 0.29) is 23.9 Å². The van der Waals surface area contributed by atoms with Crippen molar-refractivity contribution in [1.82, 2.24) is 19.8 Å². The lowest BCUT2D eigenvalue weighted by molar-refractivity contribution is -0.121. The van der Waals surface area contributed by atoms with Crippen LogP contribution in [-0.4, -0.2) is 40.0 Å². The van der Waals surface area contributed by atoms with Crippen molar-refractivity contribution in [3.63, 3.8) is 0 Å². The van der Waals surface area contributed by atoms with Gasteiger partial charge in [-0.1, -0.05) is 13.0 Å². The number of hydrogen-bond donors (Lipinski definition) is 1. The quantitative estimate of drug-likeness (QED) is 0.623. The highest BCUT2D eigenvalue weighted by molar-refractivity contribution is 7.16. The molecule has 29 heavy (non-hydrogen) atoms. The normalized spacial score (nSPS) is 16.9. The fourth-order valence-electron chi connectivity index (χ4n) is 3.80. The summed E-state index contributed by atoms with van der Waals surface area (Å²) in [5.74, 6) is 0.742. The van der Waals surface area contributed by atoms with Gasteiger partial charge in [0, 0.05) is 24.4 Å². The minimum absolute atomic E-state index is 0.0331. The molecule has 8 heteroatoms. The number of aromatic nitrogens is 2. The number of nitrogens with zero attached hydrogens (tertiary/aromatic N) is 3. The van der Waals surface area contributed by atoms with E-state index >= 15 is 0 Å². The summed E-state index contributed by atoms with van der Waals surface area (Å²) in [6.07, 6.45) is 4.22. The van der Waals surface area contributed by atoms with Crippen LogP contribution in [0.2, 0.25) is 0 Å². The Bertz CT molecular complexity index is 1000. The molecule has 1 amide bonds. The van der Waals surface area contributed by atoms with E-state index in [1.807, 2.05) is 5.38 Å². The van der Waals surface area contributed by atoms with Crippen molar-refractivity contribution >= 4 is 38.8 Å². The van der Waals surface area contributed by atoms with E-state index in [4.69, 9.17) is 0 Å². The van der Waals surface area contributed by atoms with Gasteiger partial charge < -0.3 is 5.32 Å². The Morgan fingerprint density at radius 3 is 2.86 bits per heavy atom.